The van der Waals surface area contributed by atoms with E-state index in [1.54, 1.807) is 6.92 Å². The smallest absolute Gasteiger partial charge is 0.338 e. The third-order valence-electron chi connectivity index (χ3n) is 4.04. The van der Waals surface area contributed by atoms with Crippen LogP contribution >= 0.6 is 11.3 Å². The van der Waals surface area contributed by atoms with Gasteiger partial charge < -0.3 is 9.72 Å². The number of aryl methyl sites for hydroxylation is 2. The summed E-state index contributed by atoms with van der Waals surface area (Å²) in [5, 5.41) is 11.2. The van der Waals surface area contributed by atoms with Gasteiger partial charge in [0.2, 0.25) is 0 Å². The monoisotopic (exact) mass is 373 g/mol. The molecule has 0 bridgehead atoms. The molecule has 0 radical (unpaired) electrons. The van der Waals surface area contributed by atoms with Crippen LogP contribution in [0.5, 0.6) is 0 Å². The number of thiophene rings is 1. The third kappa shape index (κ3) is 3.21. The van der Waals surface area contributed by atoms with Crippen LogP contribution in [0.25, 0.3) is 10.2 Å². The molecule has 1 N–H and O–H groups in total. The number of carbonyl (C=O) groups excluding carboxylic acids is 1. The summed E-state index contributed by atoms with van der Waals surface area (Å²) < 4.78 is 5.33. The Morgan fingerprint density at radius 3 is 2.58 bits per heavy atom. The number of aromatic amines is 1. The van der Waals surface area contributed by atoms with Crippen molar-refractivity contribution in [1.29, 1.82) is 0 Å². The summed E-state index contributed by atoms with van der Waals surface area (Å²) in [4.78, 5) is 43.3. The maximum atomic E-state index is 12.3. The van der Waals surface area contributed by atoms with Gasteiger partial charge in [-0.15, -0.1) is 11.3 Å². The Hall–Kier alpha value is -3.07. The highest BCUT2D eigenvalue weighted by Crippen LogP contribution is 2.27. The zero-order valence-electron chi connectivity index (χ0n) is 14.2. The number of nitro groups is 1. The van der Waals surface area contributed by atoms with E-state index >= 15 is 0 Å². The second-order valence-electron chi connectivity index (χ2n) is 5.77. The molecule has 9 heteroatoms. The highest BCUT2D eigenvalue weighted by molar-refractivity contribution is 7.18. The summed E-state index contributed by atoms with van der Waals surface area (Å²) in [6, 6.07) is 5.09. The Labute approximate surface area is 151 Å². The number of hydrogen-bond donors (Lipinski definition) is 1. The summed E-state index contributed by atoms with van der Waals surface area (Å²) in [6.45, 7) is 5.38. The van der Waals surface area contributed by atoms with Gasteiger partial charge in [-0.1, -0.05) is 0 Å². The average Bonchev–Trinajstić information content (AvgIpc) is 2.89. The molecule has 0 spiro atoms. The number of ether oxygens (including phenoxy) is 1. The van der Waals surface area contributed by atoms with Crippen LogP contribution in [0.4, 0.5) is 5.69 Å². The van der Waals surface area contributed by atoms with Gasteiger partial charge in [0.05, 0.1) is 15.9 Å². The van der Waals surface area contributed by atoms with E-state index < -0.39 is 17.0 Å². The molecule has 8 nitrogen and oxygen atoms in total. The van der Waals surface area contributed by atoms with E-state index in [2.05, 4.69) is 9.97 Å². The zero-order valence-corrected chi connectivity index (χ0v) is 15.0. The normalized spacial score (nSPS) is 12.1. The highest BCUT2D eigenvalue weighted by Gasteiger charge is 2.19. The number of non-ortho nitro benzene ring substituents is 1. The fourth-order valence-corrected chi connectivity index (χ4v) is 3.50. The predicted molar refractivity (Wildman–Crippen MR) is 96.6 cm³/mol. The molecule has 1 aromatic carbocycles. The Morgan fingerprint density at radius 1 is 1.31 bits per heavy atom. The number of hydrogen-bond acceptors (Lipinski definition) is 7. The standard InChI is InChI=1S/C17H15N3O5S/c1-8-10(3)26-16-13(8)15(21)18-14(19-16)9(2)25-17(22)11-4-6-12(7-5-11)20(23)24/h4-7,9H,1-3H3,(H,18,19,21)/t9-/m0/s1. The molecule has 1 atom stereocenters. The number of nitrogens with one attached hydrogen (secondary N) is 1. The number of nitro benzene ring substituents is 1. The van der Waals surface area contributed by atoms with Crippen LogP contribution < -0.4 is 5.56 Å². The Kier molecular flexibility index (Phi) is 4.56. The van der Waals surface area contributed by atoms with Crippen molar-refractivity contribution in [3.63, 3.8) is 0 Å². The Balaban J connectivity index is 1.84. The van der Waals surface area contributed by atoms with Crippen LogP contribution in [-0.2, 0) is 4.74 Å². The summed E-state index contributed by atoms with van der Waals surface area (Å²) >= 11 is 1.41. The lowest BCUT2D eigenvalue weighted by Crippen LogP contribution is -2.17. The van der Waals surface area contributed by atoms with Gasteiger partial charge in [0.15, 0.2) is 11.9 Å². The lowest BCUT2D eigenvalue weighted by molar-refractivity contribution is -0.384. The molecule has 0 saturated carbocycles. The van der Waals surface area contributed by atoms with Crippen molar-refractivity contribution >= 4 is 33.2 Å². The number of benzene rings is 1. The van der Waals surface area contributed by atoms with E-state index in [1.807, 2.05) is 13.8 Å². The molecule has 0 aliphatic heterocycles. The van der Waals surface area contributed by atoms with E-state index in [1.165, 1.54) is 35.6 Å². The Bertz CT molecular complexity index is 1070. The molecule has 134 valence electrons. The number of rotatable bonds is 4. The number of fused-ring (bicyclic) bond motifs is 1. The molecule has 0 saturated heterocycles. The number of esters is 1. The van der Waals surface area contributed by atoms with Gasteiger partial charge in [-0.3, -0.25) is 14.9 Å². The molecule has 2 heterocycles. The molecule has 3 rings (SSSR count). The minimum atomic E-state index is -0.780. The van der Waals surface area contributed by atoms with E-state index in [9.17, 15) is 19.7 Å². The first-order valence-corrected chi connectivity index (χ1v) is 8.55. The number of H-pyrrole nitrogens is 1. The maximum absolute atomic E-state index is 12.3. The summed E-state index contributed by atoms with van der Waals surface area (Å²) in [5.41, 5.74) is 0.675. The second-order valence-corrected chi connectivity index (χ2v) is 6.97. The van der Waals surface area contributed by atoms with Gasteiger partial charge in [0.1, 0.15) is 4.83 Å². The molecule has 3 aromatic rings. The van der Waals surface area contributed by atoms with Crippen molar-refractivity contribution in [3.8, 4) is 0 Å². The van der Waals surface area contributed by atoms with E-state index in [0.717, 1.165) is 10.4 Å². The topological polar surface area (TPSA) is 115 Å². The molecule has 0 unspecified atom stereocenters. The van der Waals surface area contributed by atoms with Gasteiger partial charge >= 0.3 is 5.97 Å². The van der Waals surface area contributed by atoms with Crippen molar-refractivity contribution in [2.24, 2.45) is 0 Å². The van der Waals surface area contributed by atoms with Crippen LogP contribution in [0.3, 0.4) is 0 Å². The first-order chi connectivity index (χ1) is 12.3. The quantitative estimate of drug-likeness (QED) is 0.425. The lowest BCUT2D eigenvalue weighted by atomic mass is 10.2. The van der Waals surface area contributed by atoms with Gasteiger partial charge in [0, 0.05) is 17.0 Å². The molecule has 0 aliphatic carbocycles. The third-order valence-corrected chi connectivity index (χ3v) is 5.14. The van der Waals surface area contributed by atoms with Crippen molar-refractivity contribution in [2.75, 3.05) is 0 Å². The van der Waals surface area contributed by atoms with E-state index in [4.69, 9.17) is 4.74 Å². The van der Waals surface area contributed by atoms with Crippen LogP contribution in [0, 0.1) is 24.0 Å². The Morgan fingerprint density at radius 2 is 1.96 bits per heavy atom. The van der Waals surface area contributed by atoms with Crippen molar-refractivity contribution in [1.82, 2.24) is 9.97 Å². The summed E-state index contributed by atoms with van der Waals surface area (Å²) in [6.07, 6.45) is -0.780. The van der Waals surface area contributed by atoms with Gasteiger partial charge in [-0.25, -0.2) is 9.78 Å². The SMILES string of the molecule is Cc1sc2nc([C@H](C)OC(=O)c3ccc([N+](=O)[O-])cc3)[nH]c(=O)c2c1C. The van der Waals surface area contributed by atoms with Crippen LogP contribution in [0.15, 0.2) is 29.1 Å². The first-order valence-electron chi connectivity index (χ1n) is 7.73. The largest absolute Gasteiger partial charge is 0.451 e. The van der Waals surface area contributed by atoms with Gasteiger partial charge in [0.25, 0.3) is 11.2 Å². The van der Waals surface area contributed by atoms with Crippen molar-refractivity contribution in [3.05, 3.63) is 66.6 Å². The fourth-order valence-electron chi connectivity index (χ4n) is 2.47. The van der Waals surface area contributed by atoms with Crippen LogP contribution in [0.2, 0.25) is 0 Å². The number of carbonyl (C=O) groups is 1. The minimum Gasteiger partial charge on any atom is -0.451 e. The minimum absolute atomic E-state index is 0.116. The average molecular weight is 373 g/mol. The molecular weight excluding hydrogens is 358 g/mol. The van der Waals surface area contributed by atoms with Crippen LogP contribution in [0.1, 0.15) is 39.7 Å². The van der Waals surface area contributed by atoms with Crippen molar-refractivity contribution < 1.29 is 14.5 Å². The van der Waals surface area contributed by atoms with Gasteiger partial charge in [-0.2, -0.15) is 0 Å². The predicted octanol–water partition coefficient (Wildman–Crippen LogP) is 3.43. The number of nitrogens with zero attached hydrogens (tertiary/aromatic N) is 2. The summed E-state index contributed by atoms with van der Waals surface area (Å²) in [5.74, 6) is -0.410. The molecule has 26 heavy (non-hydrogen) atoms. The summed E-state index contributed by atoms with van der Waals surface area (Å²) in [7, 11) is 0. The lowest BCUT2D eigenvalue weighted by Gasteiger charge is -2.12. The van der Waals surface area contributed by atoms with E-state index in [-0.39, 0.29) is 22.6 Å². The molecule has 0 aliphatic rings. The van der Waals surface area contributed by atoms with E-state index in [0.29, 0.717) is 10.2 Å². The second kappa shape index (κ2) is 6.68. The van der Waals surface area contributed by atoms with Crippen LogP contribution in [-0.4, -0.2) is 20.9 Å². The zero-order chi connectivity index (χ0) is 19.0. The first kappa shape index (κ1) is 17.7. The van der Waals surface area contributed by atoms with Gasteiger partial charge in [-0.05, 0) is 38.5 Å². The highest BCUT2D eigenvalue weighted by atomic mass is 32.1. The maximum Gasteiger partial charge on any atom is 0.338 e. The van der Waals surface area contributed by atoms with Crippen molar-refractivity contribution in [2.45, 2.75) is 26.9 Å². The molecule has 2 aromatic heterocycles. The fraction of sp³-hybridized carbons (Fsp3) is 0.235. The molecule has 0 fully saturated rings. The number of aromatic nitrogens is 2. The molecular formula is C17H15N3O5S. The molecule has 0 amide bonds.